The van der Waals surface area contributed by atoms with Crippen LogP contribution in [0.25, 0.3) is 0 Å². The third kappa shape index (κ3) is 12.3. The van der Waals surface area contributed by atoms with Crippen LogP contribution in [0.15, 0.2) is 0 Å². The van der Waals surface area contributed by atoms with Crippen molar-refractivity contribution in [2.24, 2.45) is 40.9 Å². The molecule has 6 unspecified atom stereocenters. The number of carboxylic acids is 1. The molecule has 0 bridgehead atoms. The Hall–Kier alpha value is -1.94. The van der Waals surface area contributed by atoms with E-state index in [1.165, 1.54) is 25.7 Å². The molecule has 0 aromatic heterocycles. The number of rotatable bonds is 16. The van der Waals surface area contributed by atoms with Crippen molar-refractivity contribution >= 4 is 11.9 Å². The lowest BCUT2D eigenvalue weighted by molar-refractivity contribution is -0.528. The van der Waals surface area contributed by atoms with E-state index in [-0.39, 0.29) is 78.3 Å². The molecule has 0 saturated heterocycles. The van der Waals surface area contributed by atoms with Crippen molar-refractivity contribution < 1.29 is 49.2 Å². The predicted molar refractivity (Wildman–Crippen MR) is 211 cm³/mol. The van der Waals surface area contributed by atoms with Crippen LogP contribution in [-0.2, 0) is 28.8 Å². The third-order valence-electron chi connectivity index (χ3n) is 15.6. The van der Waals surface area contributed by atoms with Gasteiger partial charge in [0.05, 0.1) is 55.6 Å². The minimum absolute atomic E-state index is 0.0118. The van der Waals surface area contributed by atoms with Crippen LogP contribution in [-0.4, -0.2) is 94.1 Å². The number of carbonyl (C=O) groups excluding carboxylic acids is 1. The van der Waals surface area contributed by atoms with Gasteiger partial charge in [0.25, 0.3) is 0 Å². The SMILES string of the molecule is CC(C)(C1CCC(OC2CCC(NOCC3CCC(O)CC3COO)CC2)CC1)C1CCC(OC2CCC(NC(=O)C3CC([N+](=O)[O-])CCC3C(=O)O)CC2)CC1. The Kier molecular flexibility index (Phi) is 16.5. The maximum absolute atomic E-state index is 13.1. The fourth-order valence-electron chi connectivity index (χ4n) is 11.8. The van der Waals surface area contributed by atoms with Crippen molar-refractivity contribution in [1.82, 2.24) is 10.8 Å². The van der Waals surface area contributed by atoms with Crippen LogP contribution in [0.5, 0.6) is 0 Å². The van der Waals surface area contributed by atoms with Crippen LogP contribution < -0.4 is 10.8 Å². The van der Waals surface area contributed by atoms with Gasteiger partial charge in [-0.3, -0.25) is 25.0 Å². The van der Waals surface area contributed by atoms with Crippen LogP contribution in [0.1, 0.15) is 155 Å². The topological polar surface area (TPSA) is 199 Å². The van der Waals surface area contributed by atoms with Gasteiger partial charge < -0.3 is 29.8 Å². The molecule has 0 aromatic carbocycles. The molecule has 6 aliphatic rings. The Bertz CT molecular complexity index is 1270. The summed E-state index contributed by atoms with van der Waals surface area (Å²) in [6, 6.07) is -0.574. The Balaban J connectivity index is 0.829. The fraction of sp³-hybridized carbons (Fsp3) is 0.953. The molecular formula is C43H73N3O11. The molecule has 6 rings (SSSR count). The van der Waals surface area contributed by atoms with E-state index in [0.717, 1.165) is 89.9 Å². The number of hydrogen-bond donors (Lipinski definition) is 5. The van der Waals surface area contributed by atoms with Gasteiger partial charge in [0, 0.05) is 29.8 Å². The number of aliphatic carboxylic acids is 1. The largest absolute Gasteiger partial charge is 0.481 e. The van der Waals surface area contributed by atoms with E-state index in [0.29, 0.717) is 43.1 Å². The number of hydroxylamine groups is 1. The number of hydrogen-bond acceptors (Lipinski definition) is 11. The molecule has 6 fully saturated rings. The lowest BCUT2D eigenvalue weighted by Gasteiger charge is -2.47. The number of ether oxygens (including phenoxy) is 2. The Morgan fingerprint density at radius 3 is 1.70 bits per heavy atom. The zero-order valence-electron chi connectivity index (χ0n) is 34.6. The van der Waals surface area contributed by atoms with E-state index in [9.17, 15) is 29.9 Å². The number of nitrogens with one attached hydrogen (secondary N) is 2. The van der Waals surface area contributed by atoms with E-state index in [1.807, 2.05) is 0 Å². The number of aliphatic hydroxyl groups excluding tert-OH is 1. The molecule has 6 saturated carbocycles. The van der Waals surface area contributed by atoms with Crippen LogP contribution in [0.2, 0.25) is 0 Å². The lowest BCUT2D eigenvalue weighted by atomic mass is 9.60. The van der Waals surface area contributed by atoms with E-state index >= 15 is 0 Å². The summed E-state index contributed by atoms with van der Waals surface area (Å²) >= 11 is 0. The van der Waals surface area contributed by atoms with Gasteiger partial charge in [-0.05, 0) is 158 Å². The smallest absolute Gasteiger partial charge is 0.307 e. The molecule has 0 heterocycles. The van der Waals surface area contributed by atoms with E-state index < -0.39 is 23.8 Å². The van der Waals surface area contributed by atoms with Gasteiger partial charge in [0.1, 0.15) is 0 Å². The van der Waals surface area contributed by atoms with Crippen molar-refractivity contribution in [3.63, 3.8) is 0 Å². The average Bonchev–Trinajstić information content (AvgIpc) is 3.20. The van der Waals surface area contributed by atoms with Crippen molar-refractivity contribution in [2.45, 2.75) is 204 Å². The van der Waals surface area contributed by atoms with Crippen LogP contribution in [0.3, 0.4) is 0 Å². The summed E-state index contributed by atoms with van der Waals surface area (Å²) in [7, 11) is 0. The summed E-state index contributed by atoms with van der Waals surface area (Å²) in [6.45, 7) is 5.80. The molecule has 57 heavy (non-hydrogen) atoms. The molecule has 326 valence electrons. The zero-order valence-corrected chi connectivity index (χ0v) is 34.6. The summed E-state index contributed by atoms with van der Waals surface area (Å²) in [5.41, 5.74) is 3.58. The molecule has 6 aliphatic carbocycles. The Morgan fingerprint density at radius 1 is 0.667 bits per heavy atom. The van der Waals surface area contributed by atoms with Crippen LogP contribution in [0, 0.1) is 51.0 Å². The van der Waals surface area contributed by atoms with E-state index in [1.54, 1.807) is 0 Å². The molecule has 0 aromatic rings. The minimum Gasteiger partial charge on any atom is -0.481 e. The summed E-state index contributed by atoms with van der Waals surface area (Å²) in [5, 5.41) is 43.0. The van der Waals surface area contributed by atoms with Gasteiger partial charge in [-0.2, -0.15) is 5.48 Å². The number of amides is 1. The maximum atomic E-state index is 13.1. The fourth-order valence-corrected chi connectivity index (χ4v) is 11.8. The highest BCUT2D eigenvalue weighted by atomic mass is 17.1. The first kappa shape index (κ1) is 44.6. The second-order valence-corrected chi connectivity index (χ2v) is 19.5. The monoisotopic (exact) mass is 808 g/mol. The predicted octanol–water partition coefficient (Wildman–Crippen LogP) is 6.84. The molecule has 0 radical (unpaired) electrons. The maximum Gasteiger partial charge on any atom is 0.307 e. The molecule has 14 heteroatoms. The summed E-state index contributed by atoms with van der Waals surface area (Å²) in [5.74, 6) is -1.33. The summed E-state index contributed by atoms with van der Waals surface area (Å²) in [4.78, 5) is 46.2. The summed E-state index contributed by atoms with van der Waals surface area (Å²) in [6.07, 6.45) is 20.2. The van der Waals surface area contributed by atoms with Gasteiger partial charge >= 0.3 is 5.97 Å². The van der Waals surface area contributed by atoms with Crippen molar-refractivity contribution in [2.75, 3.05) is 13.2 Å². The molecular weight excluding hydrogens is 734 g/mol. The van der Waals surface area contributed by atoms with Gasteiger partial charge in [-0.25, -0.2) is 4.89 Å². The van der Waals surface area contributed by atoms with E-state index in [2.05, 4.69) is 29.5 Å². The average molecular weight is 808 g/mol. The highest BCUT2D eigenvalue weighted by molar-refractivity contribution is 5.85. The minimum atomic E-state index is -1.05. The van der Waals surface area contributed by atoms with E-state index in [4.69, 9.17) is 19.6 Å². The zero-order chi connectivity index (χ0) is 40.5. The first-order valence-corrected chi connectivity index (χ1v) is 22.7. The number of carbonyl (C=O) groups is 2. The third-order valence-corrected chi connectivity index (χ3v) is 15.6. The van der Waals surface area contributed by atoms with Gasteiger partial charge in [0.2, 0.25) is 11.9 Å². The molecule has 6 atom stereocenters. The highest BCUT2D eigenvalue weighted by Gasteiger charge is 2.45. The molecule has 1 amide bonds. The number of aliphatic hydroxyl groups is 1. The number of nitro groups is 1. The molecule has 0 aliphatic heterocycles. The van der Waals surface area contributed by atoms with Crippen LogP contribution >= 0.6 is 0 Å². The highest BCUT2D eigenvalue weighted by Crippen LogP contribution is 2.49. The summed E-state index contributed by atoms with van der Waals surface area (Å²) < 4.78 is 13.3. The number of carboxylic acid groups (broad SMARTS) is 1. The standard InChI is InChI=1S/C43H73N3O11/c1-43(2,30-6-16-36(17-7-30)57-38-20-10-32(11-21-38)45-54-25-27-3-13-34(47)23-28(27)26-55-53)29-4-14-35(15-5-29)56-37-18-8-31(9-19-37)44-41(48)40-24-33(46(51)52)12-22-39(40)42(49)50/h27-40,45,47,53H,3-26H2,1-2H3,(H,44,48)(H,49,50). The lowest BCUT2D eigenvalue weighted by Crippen LogP contribution is -2.48. The second kappa shape index (κ2) is 21.0. The normalized spacial score (nSPS) is 39.6. The molecule has 5 N–H and O–H groups in total. The molecule has 0 spiro atoms. The van der Waals surface area contributed by atoms with Crippen molar-refractivity contribution in [3.8, 4) is 0 Å². The second-order valence-electron chi connectivity index (χ2n) is 19.5. The van der Waals surface area contributed by atoms with Crippen molar-refractivity contribution in [1.29, 1.82) is 0 Å². The van der Waals surface area contributed by atoms with Gasteiger partial charge in [0.15, 0.2) is 0 Å². The quantitative estimate of drug-likeness (QED) is 0.0620. The molecule has 14 nitrogen and oxygen atoms in total. The Labute approximate surface area is 339 Å². The first-order valence-electron chi connectivity index (χ1n) is 22.7. The van der Waals surface area contributed by atoms with Gasteiger partial charge in [-0.15, -0.1) is 0 Å². The van der Waals surface area contributed by atoms with Crippen molar-refractivity contribution in [3.05, 3.63) is 10.1 Å². The first-order chi connectivity index (χ1) is 27.4. The van der Waals surface area contributed by atoms with Crippen LogP contribution in [0.4, 0.5) is 0 Å². The van der Waals surface area contributed by atoms with Gasteiger partial charge in [-0.1, -0.05) is 13.8 Å². The Morgan fingerprint density at radius 2 is 1.19 bits per heavy atom. The number of nitrogens with zero attached hydrogens (tertiary/aromatic N) is 1.